The Morgan fingerprint density at radius 3 is 2.32 bits per heavy atom. The molecule has 0 unspecified atom stereocenters. The number of rotatable bonds is 5. The number of hydrogen-bond donors (Lipinski definition) is 1. The summed E-state index contributed by atoms with van der Waals surface area (Å²) in [5.41, 5.74) is 1.05. The molecule has 134 valence electrons. The van der Waals surface area contributed by atoms with E-state index in [1.165, 1.54) is 4.90 Å². The number of benzene rings is 1. The van der Waals surface area contributed by atoms with Crippen LogP contribution in [-0.2, 0) is 11.8 Å². The Balaban J connectivity index is 2.08. The van der Waals surface area contributed by atoms with Crippen molar-refractivity contribution in [1.82, 2.24) is 25.0 Å². The molecular formula is C18H25N5O2. The summed E-state index contributed by atoms with van der Waals surface area (Å²) in [6.07, 6.45) is 1.63. The SMILES string of the molecule is CCN(CC(=O)NC(C)(C)C)C(=O)c1ccc(-c2ncn(C)n2)cc1. The van der Waals surface area contributed by atoms with Gasteiger partial charge in [-0.15, -0.1) is 0 Å². The minimum Gasteiger partial charge on any atom is -0.350 e. The predicted octanol–water partition coefficient (Wildman–Crippen LogP) is 1.86. The van der Waals surface area contributed by atoms with E-state index in [1.807, 2.05) is 39.8 Å². The summed E-state index contributed by atoms with van der Waals surface area (Å²) in [7, 11) is 1.80. The number of nitrogens with one attached hydrogen (secondary N) is 1. The summed E-state index contributed by atoms with van der Waals surface area (Å²) in [5, 5.41) is 7.11. The van der Waals surface area contributed by atoms with Crippen molar-refractivity contribution in [2.75, 3.05) is 13.1 Å². The monoisotopic (exact) mass is 343 g/mol. The fraction of sp³-hybridized carbons (Fsp3) is 0.444. The van der Waals surface area contributed by atoms with E-state index in [0.29, 0.717) is 17.9 Å². The zero-order chi connectivity index (χ0) is 18.6. The molecule has 1 aromatic carbocycles. The van der Waals surface area contributed by atoms with Gasteiger partial charge in [0, 0.05) is 30.3 Å². The lowest BCUT2D eigenvalue weighted by molar-refractivity contribution is -0.123. The molecule has 0 atom stereocenters. The van der Waals surface area contributed by atoms with Gasteiger partial charge in [0.25, 0.3) is 5.91 Å². The molecule has 25 heavy (non-hydrogen) atoms. The zero-order valence-electron chi connectivity index (χ0n) is 15.4. The number of amides is 2. The molecule has 0 aliphatic heterocycles. The molecule has 1 heterocycles. The standard InChI is InChI=1S/C18H25N5O2/c1-6-23(11-15(24)20-18(2,3)4)17(25)14-9-7-13(8-10-14)16-19-12-22(5)21-16/h7-10,12H,6,11H2,1-5H3,(H,20,24). The second-order valence-electron chi connectivity index (χ2n) is 6.94. The van der Waals surface area contributed by atoms with Gasteiger partial charge >= 0.3 is 0 Å². The van der Waals surface area contributed by atoms with Crippen LogP contribution in [0.1, 0.15) is 38.1 Å². The van der Waals surface area contributed by atoms with Gasteiger partial charge in [-0.1, -0.05) is 12.1 Å². The van der Waals surface area contributed by atoms with Gasteiger partial charge in [-0.25, -0.2) is 4.98 Å². The van der Waals surface area contributed by atoms with Crippen LogP contribution in [0.25, 0.3) is 11.4 Å². The molecule has 0 bridgehead atoms. The number of carbonyl (C=O) groups excluding carboxylic acids is 2. The smallest absolute Gasteiger partial charge is 0.254 e. The van der Waals surface area contributed by atoms with E-state index in [-0.39, 0.29) is 23.9 Å². The number of carbonyl (C=O) groups is 2. The summed E-state index contributed by atoms with van der Waals surface area (Å²) in [5.74, 6) is 0.266. The highest BCUT2D eigenvalue weighted by atomic mass is 16.2. The van der Waals surface area contributed by atoms with Crippen molar-refractivity contribution in [3.05, 3.63) is 36.2 Å². The molecule has 0 saturated carbocycles. The van der Waals surface area contributed by atoms with Gasteiger partial charge in [-0.3, -0.25) is 14.3 Å². The van der Waals surface area contributed by atoms with E-state index >= 15 is 0 Å². The quantitative estimate of drug-likeness (QED) is 0.898. The molecule has 0 spiro atoms. The van der Waals surface area contributed by atoms with Gasteiger partial charge in [0.05, 0.1) is 6.54 Å². The van der Waals surface area contributed by atoms with Gasteiger partial charge < -0.3 is 10.2 Å². The van der Waals surface area contributed by atoms with E-state index in [2.05, 4.69) is 15.4 Å². The summed E-state index contributed by atoms with van der Waals surface area (Å²) >= 11 is 0. The number of aryl methyl sites for hydroxylation is 1. The first-order valence-electron chi connectivity index (χ1n) is 8.26. The lowest BCUT2D eigenvalue weighted by Gasteiger charge is -2.25. The molecule has 0 saturated heterocycles. The lowest BCUT2D eigenvalue weighted by atomic mass is 10.1. The zero-order valence-corrected chi connectivity index (χ0v) is 15.4. The molecule has 2 amide bonds. The molecule has 7 heteroatoms. The molecule has 1 aromatic heterocycles. The van der Waals surface area contributed by atoms with Crippen LogP contribution >= 0.6 is 0 Å². The molecule has 1 N–H and O–H groups in total. The van der Waals surface area contributed by atoms with Crippen molar-refractivity contribution in [2.24, 2.45) is 7.05 Å². The minimum atomic E-state index is -0.323. The largest absolute Gasteiger partial charge is 0.350 e. The van der Waals surface area contributed by atoms with E-state index in [4.69, 9.17) is 0 Å². The van der Waals surface area contributed by atoms with Crippen LogP contribution in [0, 0.1) is 0 Å². The Morgan fingerprint density at radius 1 is 1.20 bits per heavy atom. The number of aromatic nitrogens is 3. The molecule has 0 aliphatic carbocycles. The van der Waals surface area contributed by atoms with E-state index in [9.17, 15) is 9.59 Å². The van der Waals surface area contributed by atoms with E-state index in [0.717, 1.165) is 5.56 Å². The first-order valence-corrected chi connectivity index (χ1v) is 8.26. The third-order valence-corrected chi connectivity index (χ3v) is 3.51. The molecular weight excluding hydrogens is 318 g/mol. The van der Waals surface area contributed by atoms with Gasteiger partial charge in [-0.05, 0) is 39.8 Å². The second-order valence-corrected chi connectivity index (χ2v) is 6.94. The van der Waals surface area contributed by atoms with Crippen molar-refractivity contribution < 1.29 is 9.59 Å². The first-order chi connectivity index (χ1) is 11.7. The Hall–Kier alpha value is -2.70. The molecule has 2 rings (SSSR count). The fourth-order valence-electron chi connectivity index (χ4n) is 2.37. The highest BCUT2D eigenvalue weighted by molar-refractivity contribution is 5.96. The van der Waals surface area contributed by atoms with Crippen LogP contribution in [0.4, 0.5) is 0 Å². The molecule has 0 fully saturated rings. The number of nitrogens with zero attached hydrogens (tertiary/aromatic N) is 4. The number of hydrogen-bond acceptors (Lipinski definition) is 4. The van der Waals surface area contributed by atoms with Gasteiger partial charge in [0.2, 0.25) is 5.91 Å². The van der Waals surface area contributed by atoms with Crippen molar-refractivity contribution in [1.29, 1.82) is 0 Å². The van der Waals surface area contributed by atoms with Crippen molar-refractivity contribution in [3.8, 4) is 11.4 Å². The van der Waals surface area contributed by atoms with E-state index in [1.54, 1.807) is 30.2 Å². The Labute approximate surface area is 148 Å². The maximum atomic E-state index is 12.6. The Bertz CT molecular complexity index is 744. The van der Waals surface area contributed by atoms with Crippen LogP contribution in [0.3, 0.4) is 0 Å². The maximum Gasteiger partial charge on any atom is 0.254 e. The van der Waals surface area contributed by atoms with Crippen LogP contribution in [0.15, 0.2) is 30.6 Å². The topological polar surface area (TPSA) is 80.1 Å². The third kappa shape index (κ3) is 5.14. The van der Waals surface area contributed by atoms with Gasteiger partial charge in [0.15, 0.2) is 5.82 Å². The van der Waals surface area contributed by atoms with Gasteiger partial charge in [0.1, 0.15) is 6.33 Å². The van der Waals surface area contributed by atoms with Crippen molar-refractivity contribution >= 4 is 11.8 Å². The number of likely N-dealkylation sites (N-methyl/N-ethyl adjacent to an activating group) is 1. The predicted molar refractivity (Wildman–Crippen MR) is 95.9 cm³/mol. The summed E-state index contributed by atoms with van der Waals surface area (Å²) < 4.78 is 1.63. The van der Waals surface area contributed by atoms with Crippen molar-refractivity contribution in [2.45, 2.75) is 33.2 Å². The highest BCUT2D eigenvalue weighted by Crippen LogP contribution is 2.16. The highest BCUT2D eigenvalue weighted by Gasteiger charge is 2.20. The second kappa shape index (κ2) is 7.46. The minimum absolute atomic E-state index is 0.0378. The molecule has 7 nitrogen and oxygen atoms in total. The van der Waals surface area contributed by atoms with Crippen LogP contribution in [0.2, 0.25) is 0 Å². The normalized spacial score (nSPS) is 11.2. The fourth-order valence-corrected chi connectivity index (χ4v) is 2.37. The average molecular weight is 343 g/mol. The molecule has 0 radical (unpaired) electrons. The van der Waals surface area contributed by atoms with Crippen LogP contribution < -0.4 is 5.32 Å². The lowest BCUT2D eigenvalue weighted by Crippen LogP contribution is -2.47. The average Bonchev–Trinajstić information content (AvgIpc) is 2.97. The van der Waals surface area contributed by atoms with Gasteiger partial charge in [-0.2, -0.15) is 5.10 Å². The third-order valence-electron chi connectivity index (χ3n) is 3.51. The van der Waals surface area contributed by atoms with Crippen LogP contribution in [-0.4, -0.2) is 50.1 Å². The first kappa shape index (κ1) is 18.6. The Morgan fingerprint density at radius 2 is 1.84 bits per heavy atom. The molecule has 2 aromatic rings. The Kier molecular flexibility index (Phi) is 5.56. The van der Waals surface area contributed by atoms with Crippen molar-refractivity contribution in [3.63, 3.8) is 0 Å². The summed E-state index contributed by atoms with van der Waals surface area (Å²) in [6.45, 7) is 8.08. The molecule has 0 aliphatic rings. The summed E-state index contributed by atoms with van der Waals surface area (Å²) in [6, 6.07) is 7.09. The maximum absolute atomic E-state index is 12.6. The van der Waals surface area contributed by atoms with E-state index < -0.39 is 0 Å². The van der Waals surface area contributed by atoms with Crippen LogP contribution in [0.5, 0.6) is 0 Å². The summed E-state index contributed by atoms with van der Waals surface area (Å²) in [4.78, 5) is 30.4.